The van der Waals surface area contributed by atoms with Crippen LogP contribution in [0.2, 0.25) is 0 Å². The predicted molar refractivity (Wildman–Crippen MR) is 175 cm³/mol. The number of sulfonamides is 1. The fourth-order valence-corrected chi connectivity index (χ4v) is 8.79. The molecular formula is C34H35F2N7O6S. The maximum absolute atomic E-state index is 15.0. The van der Waals surface area contributed by atoms with Crippen LogP contribution in [0, 0.1) is 23.0 Å². The van der Waals surface area contributed by atoms with Gasteiger partial charge < -0.3 is 19.7 Å². The highest BCUT2D eigenvalue weighted by atomic mass is 32.2. The summed E-state index contributed by atoms with van der Waals surface area (Å²) in [5.74, 6) is -3.70. The van der Waals surface area contributed by atoms with Crippen molar-refractivity contribution in [2.45, 2.75) is 41.4 Å². The first-order valence-electron chi connectivity index (χ1n) is 16.2. The second-order valence-corrected chi connectivity index (χ2v) is 14.7. The number of nitriles is 1. The van der Waals surface area contributed by atoms with E-state index in [1.807, 2.05) is 6.07 Å². The summed E-state index contributed by atoms with van der Waals surface area (Å²) in [5, 5.41) is 12.6. The first-order chi connectivity index (χ1) is 24.0. The molecule has 1 atom stereocenters. The van der Waals surface area contributed by atoms with E-state index in [1.54, 1.807) is 0 Å². The monoisotopic (exact) mass is 707 g/mol. The standard InChI is InChI=1S/C34H35F2N7O6S/c1-40(25-19-49-20-25)23-9-12-41(13-10-23)24-17-42(18-24)33(45)39-34(26-4-3-11-38-31(26)48-2)27-14-21(16-37)5-7-29(27)43(32(34)44)50(46,47)30-8-6-22(35)15-28(30)36/h3-8,11,14-15,23-25H,9-10,12-13,17-20H2,1-2H3,(H,39,45). The van der Waals surface area contributed by atoms with Gasteiger partial charge in [0.05, 0.1) is 49.2 Å². The van der Waals surface area contributed by atoms with Gasteiger partial charge in [0.2, 0.25) is 5.88 Å². The number of pyridine rings is 1. The predicted octanol–water partition coefficient (Wildman–Crippen LogP) is 2.41. The second-order valence-electron chi connectivity index (χ2n) is 12.9. The molecule has 7 rings (SSSR count). The van der Waals surface area contributed by atoms with Crippen molar-refractivity contribution in [3.8, 4) is 11.9 Å². The molecule has 16 heteroatoms. The summed E-state index contributed by atoms with van der Waals surface area (Å²) in [6.07, 6.45) is 3.38. The summed E-state index contributed by atoms with van der Waals surface area (Å²) in [7, 11) is -1.59. The molecule has 1 unspecified atom stereocenters. The van der Waals surface area contributed by atoms with Crippen molar-refractivity contribution < 1.29 is 36.3 Å². The lowest BCUT2D eigenvalue weighted by Gasteiger charge is -2.50. The third-order valence-corrected chi connectivity index (χ3v) is 12.0. The zero-order valence-electron chi connectivity index (χ0n) is 27.4. The average Bonchev–Trinajstić information content (AvgIpc) is 3.30. The van der Waals surface area contributed by atoms with Gasteiger partial charge in [0.15, 0.2) is 5.54 Å². The van der Waals surface area contributed by atoms with Crippen molar-refractivity contribution in [3.05, 3.63) is 83.1 Å². The van der Waals surface area contributed by atoms with E-state index in [0.29, 0.717) is 35.5 Å². The minimum absolute atomic E-state index is 0.00500. The third kappa shape index (κ3) is 5.45. The van der Waals surface area contributed by atoms with E-state index in [4.69, 9.17) is 9.47 Å². The number of ether oxygens (including phenoxy) is 2. The van der Waals surface area contributed by atoms with Crippen molar-refractivity contribution in [3.63, 3.8) is 0 Å². The number of hydrogen-bond acceptors (Lipinski definition) is 10. The van der Waals surface area contributed by atoms with Gasteiger partial charge in [-0.25, -0.2) is 27.0 Å². The first-order valence-corrected chi connectivity index (χ1v) is 17.6. The lowest BCUT2D eigenvalue weighted by Crippen LogP contribution is -2.67. The molecule has 13 nitrogen and oxygen atoms in total. The number of carbonyl (C=O) groups is 2. The topological polar surface area (TPSA) is 148 Å². The molecule has 50 heavy (non-hydrogen) atoms. The maximum Gasteiger partial charge on any atom is 0.318 e. The zero-order chi connectivity index (χ0) is 35.4. The number of nitrogens with one attached hydrogen (secondary N) is 1. The van der Waals surface area contributed by atoms with E-state index in [-0.39, 0.29) is 34.3 Å². The highest BCUT2D eigenvalue weighted by molar-refractivity contribution is 7.93. The van der Waals surface area contributed by atoms with Gasteiger partial charge >= 0.3 is 6.03 Å². The Hall–Kier alpha value is -4.69. The number of likely N-dealkylation sites (N-methyl/N-ethyl adjacent to an activating group) is 1. The third-order valence-electron chi connectivity index (χ3n) is 10.3. The van der Waals surface area contributed by atoms with Crippen LogP contribution >= 0.6 is 0 Å². The van der Waals surface area contributed by atoms with Crippen molar-refractivity contribution in [2.75, 3.05) is 57.9 Å². The average molecular weight is 708 g/mol. The van der Waals surface area contributed by atoms with Gasteiger partial charge in [-0.15, -0.1) is 0 Å². The zero-order valence-corrected chi connectivity index (χ0v) is 28.2. The molecule has 4 aliphatic rings. The molecule has 0 spiro atoms. The summed E-state index contributed by atoms with van der Waals surface area (Å²) in [4.78, 5) is 38.5. The smallest absolute Gasteiger partial charge is 0.318 e. The molecule has 1 aromatic heterocycles. The van der Waals surface area contributed by atoms with Crippen LogP contribution in [0.1, 0.15) is 29.5 Å². The lowest BCUT2D eigenvalue weighted by atomic mass is 9.83. The van der Waals surface area contributed by atoms with Crippen LogP contribution < -0.4 is 14.4 Å². The summed E-state index contributed by atoms with van der Waals surface area (Å²) in [6.45, 7) is 3.99. The van der Waals surface area contributed by atoms with Crippen LogP contribution in [0.3, 0.4) is 0 Å². The number of carbonyl (C=O) groups excluding carboxylic acids is 2. The van der Waals surface area contributed by atoms with Crippen LogP contribution in [-0.4, -0.2) is 112 Å². The molecule has 2 aromatic carbocycles. The Bertz CT molecular complexity index is 1990. The molecule has 1 N–H and O–H groups in total. The Morgan fingerprint density at radius 3 is 2.48 bits per heavy atom. The minimum Gasteiger partial charge on any atom is -0.481 e. The van der Waals surface area contributed by atoms with Gasteiger partial charge in [0.25, 0.3) is 15.9 Å². The quantitative estimate of drug-likeness (QED) is 0.370. The van der Waals surface area contributed by atoms with E-state index in [2.05, 4.69) is 27.1 Å². The fourth-order valence-electron chi connectivity index (χ4n) is 7.27. The largest absolute Gasteiger partial charge is 0.481 e. The number of fused-ring (bicyclic) bond motifs is 1. The molecule has 0 saturated carbocycles. The van der Waals surface area contributed by atoms with E-state index in [0.717, 1.165) is 51.3 Å². The maximum atomic E-state index is 15.0. The van der Waals surface area contributed by atoms with Crippen molar-refractivity contribution in [2.24, 2.45) is 0 Å². The summed E-state index contributed by atoms with van der Waals surface area (Å²) < 4.78 is 68.2. The molecule has 3 aromatic rings. The lowest BCUT2D eigenvalue weighted by molar-refractivity contribution is -0.121. The number of amides is 3. The van der Waals surface area contributed by atoms with Gasteiger partial charge in [0, 0.05) is 56.1 Å². The molecular weight excluding hydrogens is 672 g/mol. The molecule has 0 radical (unpaired) electrons. The number of anilines is 1. The van der Waals surface area contributed by atoms with Crippen molar-refractivity contribution >= 4 is 27.6 Å². The summed E-state index contributed by atoms with van der Waals surface area (Å²) >= 11 is 0. The van der Waals surface area contributed by atoms with Crippen LogP contribution in [0.25, 0.3) is 0 Å². The van der Waals surface area contributed by atoms with Gasteiger partial charge in [0.1, 0.15) is 16.5 Å². The van der Waals surface area contributed by atoms with Crippen LogP contribution in [0.4, 0.5) is 19.3 Å². The van der Waals surface area contributed by atoms with Gasteiger partial charge in [-0.2, -0.15) is 9.57 Å². The van der Waals surface area contributed by atoms with Crippen LogP contribution in [0.15, 0.2) is 59.6 Å². The number of aromatic nitrogens is 1. The number of nitrogens with zero attached hydrogens (tertiary/aromatic N) is 6. The highest BCUT2D eigenvalue weighted by Gasteiger charge is 2.59. The van der Waals surface area contributed by atoms with E-state index < -0.39 is 44.0 Å². The Balaban J connectivity index is 1.21. The number of methoxy groups -OCH3 is 1. The van der Waals surface area contributed by atoms with Gasteiger partial charge in [-0.1, -0.05) is 0 Å². The van der Waals surface area contributed by atoms with E-state index >= 15 is 4.39 Å². The van der Waals surface area contributed by atoms with Crippen molar-refractivity contribution in [1.82, 2.24) is 25.0 Å². The highest BCUT2D eigenvalue weighted by Crippen LogP contribution is 2.49. The summed E-state index contributed by atoms with van der Waals surface area (Å²) in [6, 6.07) is 11.0. The van der Waals surface area contributed by atoms with Gasteiger partial charge in [-0.3, -0.25) is 14.6 Å². The number of likely N-dealkylation sites (tertiary alicyclic amines) is 2. The normalized spacial score (nSPS) is 21.8. The van der Waals surface area contributed by atoms with E-state index in [9.17, 15) is 27.7 Å². The SMILES string of the molecule is COc1ncccc1C1(NC(=O)N2CC(N3CCC(N(C)C4COC4)CC3)C2)C(=O)N(S(=O)(=O)c2ccc(F)cc2F)c2ccc(C#N)cc21. The van der Waals surface area contributed by atoms with Crippen LogP contribution in [-0.2, 0) is 25.1 Å². The number of hydrogen-bond donors (Lipinski definition) is 1. The van der Waals surface area contributed by atoms with Crippen molar-refractivity contribution in [1.29, 1.82) is 5.26 Å². The molecule has 3 saturated heterocycles. The molecule has 0 bridgehead atoms. The molecule has 3 fully saturated rings. The van der Waals surface area contributed by atoms with Crippen LogP contribution in [0.5, 0.6) is 5.88 Å². The number of rotatable bonds is 8. The molecule has 5 heterocycles. The Kier molecular flexibility index (Phi) is 8.71. The number of urea groups is 1. The minimum atomic E-state index is -5.04. The summed E-state index contributed by atoms with van der Waals surface area (Å²) in [5.41, 5.74) is -2.51. The number of piperidine rings is 1. The molecule has 3 amide bonds. The Morgan fingerprint density at radius 2 is 1.84 bits per heavy atom. The molecule has 0 aliphatic carbocycles. The molecule has 4 aliphatic heterocycles. The Labute approximate surface area is 288 Å². The second kappa shape index (κ2) is 12.9. The van der Waals surface area contributed by atoms with Gasteiger partial charge in [-0.05, 0) is 62.4 Å². The Morgan fingerprint density at radius 1 is 1.10 bits per heavy atom. The fraction of sp³-hybridized carbons (Fsp3) is 0.412. The number of benzene rings is 2. The number of halogens is 2. The van der Waals surface area contributed by atoms with E-state index in [1.165, 1.54) is 48.5 Å². The first kappa shape index (κ1) is 33.8. The molecule has 262 valence electrons.